The third-order valence-electron chi connectivity index (χ3n) is 4.10. The van der Waals surface area contributed by atoms with E-state index in [4.69, 9.17) is 0 Å². The topological polar surface area (TPSA) is 6.48 Å². The molecule has 19 heavy (non-hydrogen) atoms. The summed E-state index contributed by atoms with van der Waals surface area (Å²) >= 11 is 3.35. The third-order valence-corrected chi connectivity index (χ3v) is 4.99. The van der Waals surface area contributed by atoms with Crippen LogP contribution in [0.5, 0.6) is 0 Å². The summed E-state index contributed by atoms with van der Waals surface area (Å²) in [4.78, 5) is 5.00. The van der Waals surface area contributed by atoms with E-state index in [1.54, 1.807) is 6.07 Å². The van der Waals surface area contributed by atoms with Crippen molar-refractivity contribution in [1.29, 1.82) is 0 Å². The van der Waals surface area contributed by atoms with E-state index in [2.05, 4.69) is 25.7 Å². The van der Waals surface area contributed by atoms with E-state index in [9.17, 15) is 4.39 Å². The molecule has 0 N–H and O–H groups in total. The number of hydrogen-bond donors (Lipinski definition) is 0. The van der Waals surface area contributed by atoms with E-state index in [0.717, 1.165) is 44.2 Å². The summed E-state index contributed by atoms with van der Waals surface area (Å²) in [6.07, 6.45) is 2.85. The van der Waals surface area contributed by atoms with Crippen LogP contribution in [0, 0.1) is 11.7 Å². The molecule has 3 rings (SSSR count). The van der Waals surface area contributed by atoms with Crippen molar-refractivity contribution in [1.82, 2.24) is 9.80 Å². The molecule has 2 fully saturated rings. The summed E-state index contributed by atoms with van der Waals surface area (Å²) in [6, 6.07) is 5.30. The SMILES string of the molecule is Fc1cccc(CN2CCN(CC3CC3)CC2)c1Br. The van der Waals surface area contributed by atoms with Crippen molar-refractivity contribution in [3.8, 4) is 0 Å². The molecular formula is C15H20BrFN2. The van der Waals surface area contributed by atoms with Gasteiger partial charge in [-0.25, -0.2) is 4.39 Å². The number of halogens is 2. The molecule has 0 aromatic heterocycles. The molecule has 2 nitrogen and oxygen atoms in total. The van der Waals surface area contributed by atoms with Gasteiger partial charge in [-0.15, -0.1) is 0 Å². The van der Waals surface area contributed by atoms with E-state index in [-0.39, 0.29) is 5.82 Å². The molecule has 0 radical (unpaired) electrons. The lowest BCUT2D eigenvalue weighted by Crippen LogP contribution is -2.46. The van der Waals surface area contributed by atoms with Gasteiger partial charge in [-0.1, -0.05) is 12.1 Å². The summed E-state index contributed by atoms with van der Waals surface area (Å²) in [5.41, 5.74) is 1.05. The fourth-order valence-corrected chi connectivity index (χ4v) is 3.10. The zero-order valence-corrected chi connectivity index (χ0v) is 12.7. The Kier molecular flexibility index (Phi) is 4.20. The van der Waals surface area contributed by atoms with Gasteiger partial charge in [0, 0.05) is 39.3 Å². The molecule has 1 aliphatic heterocycles. The minimum absolute atomic E-state index is 0.162. The number of nitrogens with zero attached hydrogens (tertiary/aromatic N) is 2. The predicted molar refractivity (Wildman–Crippen MR) is 78.5 cm³/mol. The smallest absolute Gasteiger partial charge is 0.137 e. The standard InChI is InChI=1S/C15H20BrFN2/c16-15-13(2-1-3-14(15)17)11-19-8-6-18(7-9-19)10-12-4-5-12/h1-3,12H,4-11H2. The fourth-order valence-electron chi connectivity index (χ4n) is 2.71. The predicted octanol–water partition coefficient (Wildman–Crippen LogP) is 3.12. The largest absolute Gasteiger partial charge is 0.301 e. The molecule has 1 saturated carbocycles. The van der Waals surface area contributed by atoms with Crippen LogP contribution in [0.2, 0.25) is 0 Å². The van der Waals surface area contributed by atoms with Crippen molar-refractivity contribution in [2.75, 3.05) is 32.7 Å². The normalized spacial score (nSPS) is 21.8. The van der Waals surface area contributed by atoms with Crippen LogP contribution < -0.4 is 0 Å². The van der Waals surface area contributed by atoms with E-state index in [1.165, 1.54) is 25.5 Å². The van der Waals surface area contributed by atoms with Gasteiger partial charge in [0.2, 0.25) is 0 Å². The lowest BCUT2D eigenvalue weighted by molar-refractivity contribution is 0.123. The number of benzene rings is 1. The fraction of sp³-hybridized carbons (Fsp3) is 0.600. The van der Waals surface area contributed by atoms with Crippen LogP contribution in [0.1, 0.15) is 18.4 Å². The first kappa shape index (κ1) is 13.5. The van der Waals surface area contributed by atoms with E-state index >= 15 is 0 Å². The zero-order chi connectivity index (χ0) is 13.2. The minimum atomic E-state index is -0.162. The van der Waals surface area contributed by atoms with Crippen molar-refractivity contribution in [3.05, 3.63) is 34.1 Å². The second kappa shape index (κ2) is 5.90. The molecule has 1 saturated heterocycles. The maximum atomic E-state index is 13.5. The van der Waals surface area contributed by atoms with Crippen molar-refractivity contribution in [2.24, 2.45) is 5.92 Å². The van der Waals surface area contributed by atoms with Crippen LogP contribution in [0.4, 0.5) is 4.39 Å². The second-order valence-corrected chi connectivity index (χ2v) is 6.53. The molecule has 1 aromatic carbocycles. The first-order valence-corrected chi connectivity index (χ1v) is 7.89. The highest BCUT2D eigenvalue weighted by Crippen LogP contribution is 2.30. The first-order valence-electron chi connectivity index (χ1n) is 7.10. The third kappa shape index (κ3) is 3.56. The Bertz CT molecular complexity index is 440. The first-order chi connectivity index (χ1) is 9.22. The Labute approximate surface area is 122 Å². The van der Waals surface area contributed by atoms with Crippen molar-refractivity contribution >= 4 is 15.9 Å². The van der Waals surface area contributed by atoms with Crippen molar-refractivity contribution < 1.29 is 4.39 Å². The van der Waals surface area contributed by atoms with E-state index in [0.29, 0.717) is 4.47 Å². The molecular weight excluding hydrogens is 307 g/mol. The lowest BCUT2D eigenvalue weighted by atomic mass is 10.2. The molecule has 4 heteroatoms. The van der Waals surface area contributed by atoms with E-state index in [1.807, 2.05) is 6.07 Å². The van der Waals surface area contributed by atoms with Gasteiger partial charge in [-0.05, 0) is 46.3 Å². The van der Waals surface area contributed by atoms with Gasteiger partial charge in [-0.3, -0.25) is 4.90 Å². The molecule has 0 amide bonds. The Morgan fingerprint density at radius 1 is 1.11 bits per heavy atom. The van der Waals surface area contributed by atoms with Crippen LogP contribution in [0.3, 0.4) is 0 Å². The van der Waals surface area contributed by atoms with Crippen LogP contribution in [-0.4, -0.2) is 42.5 Å². The molecule has 0 atom stereocenters. The van der Waals surface area contributed by atoms with Gasteiger partial charge in [0.25, 0.3) is 0 Å². The summed E-state index contributed by atoms with van der Waals surface area (Å²) < 4.78 is 14.1. The molecule has 0 unspecified atom stereocenters. The summed E-state index contributed by atoms with van der Waals surface area (Å²) in [5, 5.41) is 0. The highest BCUT2D eigenvalue weighted by atomic mass is 79.9. The molecule has 1 aromatic rings. The Morgan fingerprint density at radius 3 is 2.47 bits per heavy atom. The second-order valence-electron chi connectivity index (χ2n) is 5.73. The molecule has 0 spiro atoms. The van der Waals surface area contributed by atoms with Crippen molar-refractivity contribution in [3.63, 3.8) is 0 Å². The van der Waals surface area contributed by atoms with Gasteiger partial charge in [0.1, 0.15) is 5.82 Å². The van der Waals surface area contributed by atoms with E-state index < -0.39 is 0 Å². The lowest BCUT2D eigenvalue weighted by Gasteiger charge is -2.34. The summed E-state index contributed by atoms with van der Waals surface area (Å²) in [6.45, 7) is 6.63. The van der Waals surface area contributed by atoms with Gasteiger partial charge < -0.3 is 4.90 Å². The number of hydrogen-bond acceptors (Lipinski definition) is 2. The van der Waals surface area contributed by atoms with Gasteiger partial charge >= 0.3 is 0 Å². The van der Waals surface area contributed by atoms with Crippen LogP contribution in [-0.2, 0) is 6.54 Å². The quantitative estimate of drug-likeness (QED) is 0.838. The minimum Gasteiger partial charge on any atom is -0.301 e. The van der Waals surface area contributed by atoms with Crippen molar-refractivity contribution in [2.45, 2.75) is 19.4 Å². The molecule has 0 bridgehead atoms. The molecule has 1 heterocycles. The highest BCUT2D eigenvalue weighted by molar-refractivity contribution is 9.10. The maximum Gasteiger partial charge on any atom is 0.137 e. The monoisotopic (exact) mass is 326 g/mol. The number of piperazine rings is 1. The average molecular weight is 327 g/mol. The summed E-state index contributed by atoms with van der Waals surface area (Å²) in [7, 11) is 0. The summed E-state index contributed by atoms with van der Waals surface area (Å²) in [5.74, 6) is 0.814. The zero-order valence-electron chi connectivity index (χ0n) is 11.1. The Balaban J connectivity index is 1.52. The van der Waals surface area contributed by atoms with Crippen LogP contribution in [0.15, 0.2) is 22.7 Å². The molecule has 1 aliphatic carbocycles. The van der Waals surface area contributed by atoms with Crippen LogP contribution >= 0.6 is 15.9 Å². The number of rotatable bonds is 4. The van der Waals surface area contributed by atoms with Gasteiger partial charge in [0.15, 0.2) is 0 Å². The maximum absolute atomic E-state index is 13.5. The van der Waals surface area contributed by atoms with Gasteiger partial charge in [0.05, 0.1) is 4.47 Å². The molecule has 2 aliphatic rings. The highest BCUT2D eigenvalue weighted by Gasteiger charge is 2.26. The average Bonchev–Trinajstić information content (AvgIpc) is 3.21. The molecule has 104 valence electrons. The van der Waals surface area contributed by atoms with Crippen LogP contribution in [0.25, 0.3) is 0 Å². The Morgan fingerprint density at radius 2 is 1.79 bits per heavy atom. The van der Waals surface area contributed by atoms with Gasteiger partial charge in [-0.2, -0.15) is 0 Å². The Hall–Kier alpha value is -0.450.